The lowest BCUT2D eigenvalue weighted by molar-refractivity contribution is -0.147. The fraction of sp³-hybridized carbons (Fsp3) is 0.263. The number of ketones is 1. The Morgan fingerprint density at radius 2 is 1.85 bits per heavy atom. The maximum atomic E-state index is 13.0. The van der Waals surface area contributed by atoms with Crippen molar-refractivity contribution in [3.05, 3.63) is 59.7 Å². The number of ether oxygens (including phenoxy) is 2. The fourth-order valence-corrected chi connectivity index (χ4v) is 5.81. The number of hydrogen-bond donors (Lipinski definition) is 0. The van der Waals surface area contributed by atoms with Gasteiger partial charge < -0.3 is 9.47 Å². The Bertz CT molecular complexity index is 1050. The van der Waals surface area contributed by atoms with E-state index in [1.165, 1.54) is 25.3 Å². The second kappa shape index (κ2) is 5.90. The molecule has 0 bridgehead atoms. The summed E-state index contributed by atoms with van der Waals surface area (Å²) in [6.45, 7) is 1.70. The number of carbonyl (C=O) groups is 2. The number of fused-ring (bicyclic) bond motifs is 3. The monoisotopic (exact) mass is 387 g/mol. The van der Waals surface area contributed by atoms with Gasteiger partial charge in [-0.15, -0.1) is 0 Å². The molecule has 8 heteroatoms. The Morgan fingerprint density at radius 3 is 2.48 bits per heavy atom. The number of benzene rings is 2. The quantitative estimate of drug-likeness (QED) is 0.441. The molecule has 140 valence electrons. The molecule has 0 saturated carbocycles. The molecule has 0 radical (unpaired) electrons. The van der Waals surface area contributed by atoms with Crippen molar-refractivity contribution in [2.24, 2.45) is 0 Å². The number of sulfonamides is 1. The van der Waals surface area contributed by atoms with Crippen molar-refractivity contribution in [1.29, 1.82) is 0 Å². The molecule has 0 aromatic heterocycles. The van der Waals surface area contributed by atoms with Crippen LogP contribution in [0.5, 0.6) is 5.75 Å². The molecule has 7 nitrogen and oxygen atoms in total. The molecule has 0 aliphatic carbocycles. The van der Waals surface area contributed by atoms with Crippen LogP contribution in [-0.4, -0.2) is 44.2 Å². The van der Waals surface area contributed by atoms with Crippen LogP contribution in [0.15, 0.2) is 53.4 Å². The van der Waals surface area contributed by atoms with Crippen LogP contribution in [0.3, 0.4) is 0 Å². The van der Waals surface area contributed by atoms with Crippen LogP contribution < -0.4 is 4.74 Å². The molecule has 2 aromatic rings. The highest BCUT2D eigenvalue weighted by Gasteiger charge is 2.82. The number of nitrogens with zero attached hydrogens (tertiary/aromatic N) is 1. The van der Waals surface area contributed by atoms with Gasteiger partial charge in [-0.3, -0.25) is 4.79 Å². The highest BCUT2D eigenvalue weighted by molar-refractivity contribution is 7.90. The Hall–Kier alpha value is -2.71. The van der Waals surface area contributed by atoms with Gasteiger partial charge in [0.1, 0.15) is 11.8 Å². The molecule has 0 spiro atoms. The molecular weight excluding hydrogens is 370 g/mol. The van der Waals surface area contributed by atoms with Crippen molar-refractivity contribution in [2.75, 3.05) is 13.7 Å². The topological polar surface area (TPSA) is 89.8 Å². The van der Waals surface area contributed by atoms with Gasteiger partial charge in [-0.25, -0.2) is 13.2 Å². The molecule has 0 N–H and O–H groups in total. The SMILES string of the molecule is CCOC(=O)[C@@]12c3cc(OC)ccc3S(=O)(=O)N1[C@H]2C(=O)c1ccccc1. The van der Waals surface area contributed by atoms with Gasteiger partial charge in [0.25, 0.3) is 0 Å². The molecule has 2 aliphatic rings. The molecule has 1 fully saturated rings. The fourth-order valence-electron chi connectivity index (χ4n) is 3.74. The molecule has 3 atom stereocenters. The Kier molecular flexibility index (Phi) is 3.87. The van der Waals surface area contributed by atoms with Gasteiger partial charge in [0, 0.05) is 11.1 Å². The molecule has 1 unspecified atom stereocenters. The number of Topliss-reactive ketones (excluding diaryl/α,β-unsaturated/α-hetero) is 1. The third-order valence-corrected chi connectivity index (χ3v) is 6.87. The first kappa shape index (κ1) is 17.7. The van der Waals surface area contributed by atoms with E-state index in [0.29, 0.717) is 11.3 Å². The maximum absolute atomic E-state index is 13.0. The van der Waals surface area contributed by atoms with Gasteiger partial charge in [-0.1, -0.05) is 30.3 Å². The first-order chi connectivity index (χ1) is 12.9. The summed E-state index contributed by atoms with van der Waals surface area (Å²) < 4.78 is 37.3. The third-order valence-electron chi connectivity index (χ3n) is 4.94. The van der Waals surface area contributed by atoms with E-state index in [-0.39, 0.29) is 17.1 Å². The zero-order chi connectivity index (χ0) is 19.4. The van der Waals surface area contributed by atoms with Crippen LogP contribution in [0.2, 0.25) is 0 Å². The van der Waals surface area contributed by atoms with Crippen molar-refractivity contribution in [1.82, 2.24) is 4.31 Å². The molecule has 27 heavy (non-hydrogen) atoms. The summed E-state index contributed by atoms with van der Waals surface area (Å²) in [4.78, 5) is 25.9. The summed E-state index contributed by atoms with van der Waals surface area (Å²) in [5, 5.41) is 0. The Labute approximate surface area is 156 Å². The molecule has 4 rings (SSSR count). The zero-order valence-corrected chi connectivity index (χ0v) is 15.5. The van der Waals surface area contributed by atoms with Gasteiger partial charge in [-0.2, -0.15) is 4.31 Å². The minimum Gasteiger partial charge on any atom is -0.497 e. The first-order valence-electron chi connectivity index (χ1n) is 8.40. The van der Waals surface area contributed by atoms with Crippen LogP contribution in [0.25, 0.3) is 0 Å². The number of hydrogen-bond acceptors (Lipinski definition) is 6. The van der Waals surface area contributed by atoms with E-state index in [1.807, 2.05) is 0 Å². The van der Waals surface area contributed by atoms with Gasteiger partial charge in [0.05, 0.1) is 18.6 Å². The number of esters is 1. The second-order valence-corrected chi connectivity index (χ2v) is 8.07. The minimum absolute atomic E-state index is 0.00605. The molecular formula is C19H17NO6S. The number of rotatable bonds is 5. The largest absolute Gasteiger partial charge is 0.497 e. The lowest BCUT2D eigenvalue weighted by Gasteiger charge is -2.14. The highest BCUT2D eigenvalue weighted by Crippen LogP contribution is 2.62. The van der Waals surface area contributed by atoms with E-state index >= 15 is 0 Å². The van der Waals surface area contributed by atoms with E-state index in [9.17, 15) is 18.0 Å². The van der Waals surface area contributed by atoms with Crippen LogP contribution in [0.4, 0.5) is 0 Å². The predicted molar refractivity (Wildman–Crippen MR) is 94.9 cm³/mol. The van der Waals surface area contributed by atoms with E-state index in [4.69, 9.17) is 9.47 Å². The van der Waals surface area contributed by atoms with Crippen LogP contribution in [0, 0.1) is 0 Å². The minimum atomic E-state index is -4.00. The summed E-state index contributed by atoms with van der Waals surface area (Å²) >= 11 is 0. The molecule has 1 saturated heterocycles. The highest BCUT2D eigenvalue weighted by atomic mass is 32.2. The van der Waals surface area contributed by atoms with Crippen molar-refractivity contribution in [2.45, 2.75) is 23.4 Å². The molecule has 2 aliphatic heterocycles. The first-order valence-corrected chi connectivity index (χ1v) is 9.84. The molecule has 0 amide bonds. The normalized spacial score (nSPS) is 26.6. The second-order valence-electron chi connectivity index (χ2n) is 6.28. The zero-order valence-electron chi connectivity index (χ0n) is 14.7. The smallest absolute Gasteiger partial charge is 0.334 e. The molecule has 2 heterocycles. The van der Waals surface area contributed by atoms with Crippen molar-refractivity contribution >= 4 is 21.8 Å². The summed E-state index contributed by atoms with van der Waals surface area (Å²) in [6.07, 6.45) is 0. The van der Waals surface area contributed by atoms with E-state index < -0.39 is 33.4 Å². The van der Waals surface area contributed by atoms with Crippen LogP contribution in [-0.2, 0) is 25.1 Å². The van der Waals surface area contributed by atoms with Gasteiger partial charge in [0.2, 0.25) is 10.0 Å². The standard InChI is InChI=1S/C19H17NO6S/c1-3-26-18(22)19-14-11-13(25-2)9-10-15(14)27(23,24)20(19)17(19)16(21)12-7-5-4-6-8-12/h4-11,17H,3H2,1-2H3/t17-,19-,20?/m0/s1. The average Bonchev–Trinajstić information content (AvgIpc) is 3.35. The van der Waals surface area contributed by atoms with Crippen LogP contribution in [0.1, 0.15) is 22.8 Å². The van der Waals surface area contributed by atoms with E-state index in [0.717, 1.165) is 4.31 Å². The van der Waals surface area contributed by atoms with Gasteiger partial charge in [-0.05, 0) is 25.1 Å². The van der Waals surface area contributed by atoms with Gasteiger partial charge in [0.15, 0.2) is 11.3 Å². The number of carbonyl (C=O) groups excluding carboxylic acids is 2. The Balaban J connectivity index is 1.91. The lowest BCUT2D eigenvalue weighted by Crippen LogP contribution is -2.30. The average molecular weight is 387 g/mol. The van der Waals surface area contributed by atoms with E-state index in [1.54, 1.807) is 37.3 Å². The van der Waals surface area contributed by atoms with Crippen molar-refractivity contribution in [3.8, 4) is 5.75 Å². The Morgan fingerprint density at radius 1 is 1.15 bits per heavy atom. The van der Waals surface area contributed by atoms with Gasteiger partial charge >= 0.3 is 5.97 Å². The lowest BCUT2D eigenvalue weighted by atomic mass is 9.91. The number of methoxy groups -OCH3 is 1. The maximum Gasteiger partial charge on any atom is 0.334 e. The third kappa shape index (κ3) is 2.20. The summed E-state index contributed by atoms with van der Waals surface area (Å²) in [7, 11) is -2.56. The van der Waals surface area contributed by atoms with E-state index in [2.05, 4.69) is 0 Å². The van der Waals surface area contributed by atoms with Crippen molar-refractivity contribution in [3.63, 3.8) is 0 Å². The molecule has 2 aromatic carbocycles. The van der Waals surface area contributed by atoms with Crippen LogP contribution >= 0.6 is 0 Å². The summed E-state index contributed by atoms with van der Waals surface area (Å²) in [5.41, 5.74) is -1.12. The summed E-state index contributed by atoms with van der Waals surface area (Å²) in [5.74, 6) is -0.803. The van der Waals surface area contributed by atoms with Crippen molar-refractivity contribution < 1.29 is 27.5 Å². The summed E-state index contributed by atoms with van der Waals surface area (Å²) in [6, 6.07) is 11.5. The predicted octanol–water partition coefficient (Wildman–Crippen LogP) is 1.72.